The molecule has 0 aromatic carbocycles. The molecular formula is C15H22O7. The Morgan fingerprint density at radius 3 is 2.27 bits per heavy atom. The molecule has 0 aromatic rings. The Labute approximate surface area is 128 Å². The number of hydrogen-bond donors (Lipinski definition) is 1. The molecule has 2 saturated carbocycles. The molecule has 22 heavy (non-hydrogen) atoms. The molecule has 7 nitrogen and oxygen atoms in total. The molecule has 124 valence electrons. The summed E-state index contributed by atoms with van der Waals surface area (Å²) < 4.78 is 29.3. The van der Waals surface area contributed by atoms with Crippen LogP contribution >= 0.6 is 0 Å². The number of carbonyl (C=O) groups is 1. The Bertz CT molecular complexity index is 496. The van der Waals surface area contributed by atoms with Crippen LogP contribution in [-0.4, -0.2) is 60.8 Å². The third kappa shape index (κ3) is 1.71. The Morgan fingerprint density at radius 1 is 1.05 bits per heavy atom. The zero-order valence-electron chi connectivity index (χ0n) is 12.9. The highest BCUT2D eigenvalue weighted by Gasteiger charge is 2.69. The van der Waals surface area contributed by atoms with E-state index >= 15 is 0 Å². The highest BCUT2D eigenvalue weighted by Crippen LogP contribution is 2.53. The molecule has 2 heterocycles. The second-order valence-corrected chi connectivity index (χ2v) is 6.74. The maximum atomic E-state index is 11.9. The van der Waals surface area contributed by atoms with Crippen LogP contribution in [0.4, 0.5) is 0 Å². The molecule has 0 aromatic heterocycles. The molecule has 2 bridgehead atoms. The van der Waals surface area contributed by atoms with Gasteiger partial charge in [0.1, 0.15) is 12.2 Å². The van der Waals surface area contributed by atoms with Gasteiger partial charge in [-0.2, -0.15) is 0 Å². The minimum absolute atomic E-state index is 0.165. The van der Waals surface area contributed by atoms with Crippen LogP contribution in [-0.2, 0) is 28.5 Å². The summed E-state index contributed by atoms with van der Waals surface area (Å²) in [5, 5.41) is 10.4. The van der Waals surface area contributed by atoms with Crippen molar-refractivity contribution >= 4 is 5.97 Å². The average molecular weight is 314 g/mol. The molecule has 2 aliphatic carbocycles. The third-order valence-electron chi connectivity index (χ3n) is 5.62. The molecule has 0 unspecified atom stereocenters. The Kier molecular flexibility index (Phi) is 3.13. The van der Waals surface area contributed by atoms with E-state index in [1.165, 1.54) is 0 Å². The van der Waals surface area contributed by atoms with E-state index in [1.807, 2.05) is 0 Å². The number of hydrogen-bond acceptors (Lipinski definition) is 7. The predicted octanol–water partition coefficient (Wildman–Crippen LogP) is 0.480. The first-order valence-corrected chi connectivity index (χ1v) is 7.87. The van der Waals surface area contributed by atoms with Gasteiger partial charge in [-0.3, -0.25) is 0 Å². The number of rotatable bonds is 2. The molecule has 7 heteroatoms. The molecule has 0 spiro atoms. The van der Waals surface area contributed by atoms with Crippen molar-refractivity contribution in [2.45, 2.75) is 74.0 Å². The summed E-state index contributed by atoms with van der Waals surface area (Å²) in [6.07, 6.45) is 2.24. The third-order valence-corrected chi connectivity index (χ3v) is 5.62. The SMILES string of the molecule is CO[C@@]12CCCC[C@@]1(OC)O[C@@H]1C[C@]3(O)C[C@@H](OC3=O)[C@@H]1O2. The topological polar surface area (TPSA) is 83.5 Å². The normalized spacial score (nSPS) is 53.6. The van der Waals surface area contributed by atoms with E-state index in [9.17, 15) is 9.90 Å². The van der Waals surface area contributed by atoms with Gasteiger partial charge in [-0.15, -0.1) is 0 Å². The van der Waals surface area contributed by atoms with Crippen molar-refractivity contribution in [2.75, 3.05) is 14.2 Å². The lowest BCUT2D eigenvalue weighted by Crippen LogP contribution is -2.71. The van der Waals surface area contributed by atoms with Crippen LogP contribution in [0.5, 0.6) is 0 Å². The van der Waals surface area contributed by atoms with Crippen LogP contribution in [0.15, 0.2) is 0 Å². The number of fused-ring (bicyclic) bond motifs is 5. The first kappa shape index (κ1) is 14.8. The minimum Gasteiger partial charge on any atom is -0.457 e. The molecule has 2 saturated heterocycles. The summed E-state index contributed by atoms with van der Waals surface area (Å²) >= 11 is 0. The highest BCUT2D eigenvalue weighted by atomic mass is 16.8. The van der Waals surface area contributed by atoms with E-state index in [-0.39, 0.29) is 12.8 Å². The van der Waals surface area contributed by atoms with Gasteiger partial charge in [0.25, 0.3) is 0 Å². The van der Waals surface area contributed by atoms with Crippen LogP contribution in [0.2, 0.25) is 0 Å². The molecule has 0 radical (unpaired) electrons. The lowest BCUT2D eigenvalue weighted by molar-refractivity contribution is -0.477. The zero-order valence-corrected chi connectivity index (χ0v) is 12.9. The summed E-state index contributed by atoms with van der Waals surface area (Å²) in [4.78, 5) is 11.9. The van der Waals surface area contributed by atoms with Crippen LogP contribution in [0.25, 0.3) is 0 Å². The lowest BCUT2D eigenvalue weighted by Gasteiger charge is -2.58. The van der Waals surface area contributed by atoms with E-state index < -0.39 is 41.5 Å². The van der Waals surface area contributed by atoms with Crippen LogP contribution < -0.4 is 0 Å². The van der Waals surface area contributed by atoms with Gasteiger partial charge >= 0.3 is 5.97 Å². The van der Waals surface area contributed by atoms with E-state index in [0.717, 1.165) is 12.8 Å². The lowest BCUT2D eigenvalue weighted by atomic mass is 9.78. The predicted molar refractivity (Wildman–Crippen MR) is 71.8 cm³/mol. The average Bonchev–Trinajstić information content (AvgIpc) is 2.76. The van der Waals surface area contributed by atoms with Gasteiger partial charge in [0, 0.05) is 39.9 Å². The van der Waals surface area contributed by atoms with Crippen molar-refractivity contribution in [3.05, 3.63) is 0 Å². The summed E-state index contributed by atoms with van der Waals surface area (Å²) in [5.41, 5.74) is -1.47. The monoisotopic (exact) mass is 314 g/mol. The van der Waals surface area contributed by atoms with E-state index in [4.69, 9.17) is 23.7 Å². The molecular weight excluding hydrogens is 292 g/mol. The Balaban J connectivity index is 1.71. The Morgan fingerprint density at radius 2 is 1.64 bits per heavy atom. The largest absolute Gasteiger partial charge is 0.457 e. The summed E-state index contributed by atoms with van der Waals surface area (Å²) in [7, 11) is 3.17. The fourth-order valence-electron chi connectivity index (χ4n) is 4.47. The van der Waals surface area contributed by atoms with Gasteiger partial charge in [-0.1, -0.05) is 0 Å². The van der Waals surface area contributed by atoms with Gasteiger partial charge in [0.2, 0.25) is 11.6 Å². The van der Waals surface area contributed by atoms with Crippen LogP contribution in [0.3, 0.4) is 0 Å². The number of ether oxygens (including phenoxy) is 5. The first-order valence-electron chi connectivity index (χ1n) is 7.87. The number of esters is 1. The zero-order chi connectivity index (χ0) is 15.6. The summed E-state index contributed by atoms with van der Waals surface area (Å²) in [6.45, 7) is 0. The quantitative estimate of drug-likeness (QED) is 0.742. The van der Waals surface area contributed by atoms with E-state index in [2.05, 4.69) is 0 Å². The molecule has 0 amide bonds. The fraction of sp³-hybridized carbons (Fsp3) is 0.933. The standard InChI is InChI=1S/C15H22O7/c1-18-14-5-3-4-6-15(14,19-2)22-11-9-7-13(17,12(16)20-9)8-10(11)21-14/h9-11,17H,3-8H2,1-2H3/t9-,10-,11+,13-,14-,15-/m1/s1. The maximum absolute atomic E-state index is 11.9. The van der Waals surface area contributed by atoms with Crippen molar-refractivity contribution in [3.8, 4) is 0 Å². The van der Waals surface area contributed by atoms with Crippen molar-refractivity contribution in [2.24, 2.45) is 0 Å². The molecule has 4 fully saturated rings. The maximum Gasteiger partial charge on any atom is 0.338 e. The van der Waals surface area contributed by atoms with Gasteiger partial charge in [-0.05, 0) is 12.8 Å². The van der Waals surface area contributed by atoms with Crippen LogP contribution in [0, 0.1) is 0 Å². The second-order valence-electron chi connectivity index (χ2n) is 6.74. The number of aliphatic hydroxyl groups is 1. The number of carbonyl (C=O) groups excluding carboxylic acids is 1. The van der Waals surface area contributed by atoms with Crippen molar-refractivity contribution < 1.29 is 33.6 Å². The minimum atomic E-state index is -1.47. The Hall–Kier alpha value is -0.730. The van der Waals surface area contributed by atoms with Crippen molar-refractivity contribution in [1.82, 2.24) is 0 Å². The van der Waals surface area contributed by atoms with Gasteiger partial charge in [0.05, 0.1) is 6.10 Å². The molecule has 4 aliphatic rings. The highest BCUT2D eigenvalue weighted by molar-refractivity contribution is 5.82. The molecule has 6 atom stereocenters. The summed E-state index contributed by atoms with van der Waals surface area (Å²) in [6, 6.07) is 0. The van der Waals surface area contributed by atoms with E-state index in [1.54, 1.807) is 14.2 Å². The molecule has 1 N–H and O–H groups in total. The summed E-state index contributed by atoms with van der Waals surface area (Å²) in [5.74, 6) is -2.58. The molecule has 4 rings (SSSR count). The van der Waals surface area contributed by atoms with Crippen molar-refractivity contribution in [3.63, 3.8) is 0 Å². The van der Waals surface area contributed by atoms with Gasteiger partial charge in [-0.25, -0.2) is 4.79 Å². The number of methoxy groups -OCH3 is 2. The van der Waals surface area contributed by atoms with Gasteiger partial charge < -0.3 is 28.8 Å². The first-order chi connectivity index (χ1) is 10.5. The van der Waals surface area contributed by atoms with Crippen LogP contribution in [0.1, 0.15) is 38.5 Å². The smallest absolute Gasteiger partial charge is 0.338 e. The van der Waals surface area contributed by atoms with E-state index in [0.29, 0.717) is 12.8 Å². The van der Waals surface area contributed by atoms with Gasteiger partial charge in [0.15, 0.2) is 5.60 Å². The second kappa shape index (κ2) is 4.64. The molecule has 2 aliphatic heterocycles. The van der Waals surface area contributed by atoms with Crippen molar-refractivity contribution in [1.29, 1.82) is 0 Å². The fourth-order valence-corrected chi connectivity index (χ4v) is 4.47.